The Hall–Kier alpha value is -1.74. The zero-order chi connectivity index (χ0) is 14.8. The Labute approximate surface area is 125 Å². The second kappa shape index (κ2) is 5.71. The summed E-state index contributed by atoms with van der Waals surface area (Å²) in [5.41, 5.74) is 2.02. The highest BCUT2D eigenvalue weighted by Gasteiger charge is 2.18. The van der Waals surface area contributed by atoms with Crippen LogP contribution >= 0.6 is 12.6 Å². The number of thiol groups is 1. The Kier molecular flexibility index (Phi) is 4.19. The van der Waals surface area contributed by atoms with Crippen LogP contribution in [-0.2, 0) is 4.74 Å². The molecule has 0 spiro atoms. The van der Waals surface area contributed by atoms with Gasteiger partial charge in [0.25, 0.3) is 0 Å². The standard InChI is InChI=1S/C17H18O2S/c1-17(2,3)19-16(18)14-9-13(10-15(20)11-14)12-7-5-4-6-8-12/h4-11,20H,1-3H3. The number of hydrogen-bond acceptors (Lipinski definition) is 3. The summed E-state index contributed by atoms with van der Waals surface area (Å²) in [5.74, 6) is -0.328. The van der Waals surface area contributed by atoms with Crippen molar-refractivity contribution in [2.75, 3.05) is 0 Å². The van der Waals surface area contributed by atoms with Gasteiger partial charge in [-0.3, -0.25) is 0 Å². The molecule has 2 nitrogen and oxygen atoms in total. The number of hydrogen-bond donors (Lipinski definition) is 1. The van der Waals surface area contributed by atoms with Gasteiger partial charge in [0.15, 0.2) is 0 Å². The molecule has 0 aromatic heterocycles. The van der Waals surface area contributed by atoms with Crippen LogP contribution in [0.4, 0.5) is 0 Å². The normalized spacial score (nSPS) is 11.2. The number of esters is 1. The lowest BCUT2D eigenvalue weighted by atomic mass is 10.0. The van der Waals surface area contributed by atoms with Gasteiger partial charge in [-0.25, -0.2) is 4.79 Å². The predicted molar refractivity (Wildman–Crippen MR) is 84.3 cm³/mol. The van der Waals surface area contributed by atoms with Crippen LogP contribution in [0.1, 0.15) is 31.1 Å². The largest absolute Gasteiger partial charge is 0.456 e. The van der Waals surface area contributed by atoms with Gasteiger partial charge in [0, 0.05) is 4.90 Å². The van der Waals surface area contributed by atoms with E-state index >= 15 is 0 Å². The minimum Gasteiger partial charge on any atom is -0.456 e. The molecule has 0 radical (unpaired) electrons. The van der Waals surface area contributed by atoms with Gasteiger partial charge in [-0.15, -0.1) is 12.6 Å². The first kappa shape index (κ1) is 14.7. The van der Waals surface area contributed by atoms with E-state index in [0.717, 1.165) is 16.0 Å². The van der Waals surface area contributed by atoms with Gasteiger partial charge in [-0.1, -0.05) is 30.3 Å². The lowest BCUT2D eigenvalue weighted by Crippen LogP contribution is -2.23. The van der Waals surface area contributed by atoms with Crippen molar-refractivity contribution in [1.82, 2.24) is 0 Å². The number of ether oxygens (including phenoxy) is 1. The van der Waals surface area contributed by atoms with Gasteiger partial charge < -0.3 is 4.74 Å². The first-order chi connectivity index (χ1) is 9.35. The summed E-state index contributed by atoms with van der Waals surface area (Å²) < 4.78 is 5.40. The van der Waals surface area contributed by atoms with Crippen molar-refractivity contribution in [3.05, 3.63) is 54.1 Å². The average Bonchev–Trinajstić information content (AvgIpc) is 2.37. The van der Waals surface area contributed by atoms with E-state index in [-0.39, 0.29) is 5.97 Å². The third kappa shape index (κ3) is 3.87. The Morgan fingerprint density at radius 1 is 1.00 bits per heavy atom. The third-order valence-corrected chi connectivity index (χ3v) is 2.92. The van der Waals surface area contributed by atoms with Crippen molar-refractivity contribution >= 4 is 18.6 Å². The molecule has 0 N–H and O–H groups in total. The van der Waals surface area contributed by atoms with Gasteiger partial charge in [-0.05, 0) is 50.1 Å². The van der Waals surface area contributed by atoms with Crippen molar-refractivity contribution in [3.8, 4) is 11.1 Å². The zero-order valence-corrected chi connectivity index (χ0v) is 12.8. The molecule has 0 fully saturated rings. The zero-order valence-electron chi connectivity index (χ0n) is 11.9. The fraction of sp³-hybridized carbons (Fsp3) is 0.235. The number of carbonyl (C=O) groups excluding carboxylic acids is 1. The summed E-state index contributed by atoms with van der Waals surface area (Å²) in [4.78, 5) is 12.9. The monoisotopic (exact) mass is 286 g/mol. The maximum Gasteiger partial charge on any atom is 0.338 e. The minimum atomic E-state index is -0.503. The highest BCUT2D eigenvalue weighted by Crippen LogP contribution is 2.25. The quantitative estimate of drug-likeness (QED) is 0.645. The molecule has 0 amide bonds. The molecule has 104 valence electrons. The van der Waals surface area contributed by atoms with Gasteiger partial charge in [0.2, 0.25) is 0 Å². The second-order valence-corrected chi connectivity index (χ2v) is 6.15. The van der Waals surface area contributed by atoms with Crippen molar-refractivity contribution in [2.24, 2.45) is 0 Å². The summed E-state index contributed by atoms with van der Waals surface area (Å²) >= 11 is 4.37. The van der Waals surface area contributed by atoms with Gasteiger partial charge in [0.05, 0.1) is 5.56 Å². The van der Waals surface area contributed by atoms with Crippen LogP contribution in [0.5, 0.6) is 0 Å². The van der Waals surface area contributed by atoms with E-state index in [1.165, 1.54) is 0 Å². The van der Waals surface area contributed by atoms with Crippen molar-refractivity contribution < 1.29 is 9.53 Å². The SMILES string of the molecule is CC(C)(C)OC(=O)c1cc(S)cc(-c2ccccc2)c1. The lowest BCUT2D eigenvalue weighted by molar-refractivity contribution is 0.00693. The highest BCUT2D eigenvalue weighted by atomic mass is 32.1. The molecule has 0 aliphatic carbocycles. The molecular formula is C17H18O2S. The summed E-state index contributed by atoms with van der Waals surface area (Å²) in [7, 11) is 0. The highest BCUT2D eigenvalue weighted by molar-refractivity contribution is 7.80. The molecule has 2 rings (SSSR count). The molecular weight excluding hydrogens is 268 g/mol. The number of benzene rings is 2. The molecule has 0 unspecified atom stereocenters. The van der Waals surface area contributed by atoms with Crippen molar-refractivity contribution in [1.29, 1.82) is 0 Å². The van der Waals surface area contributed by atoms with E-state index < -0.39 is 5.60 Å². The van der Waals surface area contributed by atoms with Gasteiger partial charge >= 0.3 is 5.97 Å². The van der Waals surface area contributed by atoms with Crippen LogP contribution in [0.2, 0.25) is 0 Å². The summed E-state index contributed by atoms with van der Waals surface area (Å²) in [5, 5.41) is 0. The maximum atomic E-state index is 12.1. The molecule has 0 bridgehead atoms. The third-order valence-electron chi connectivity index (χ3n) is 2.66. The van der Waals surface area contributed by atoms with E-state index in [1.54, 1.807) is 6.07 Å². The second-order valence-electron chi connectivity index (χ2n) is 5.64. The smallest absolute Gasteiger partial charge is 0.338 e. The van der Waals surface area contributed by atoms with E-state index in [4.69, 9.17) is 4.74 Å². The molecule has 2 aromatic carbocycles. The van der Waals surface area contributed by atoms with Gasteiger partial charge in [0.1, 0.15) is 5.60 Å². The maximum absolute atomic E-state index is 12.1. The lowest BCUT2D eigenvalue weighted by Gasteiger charge is -2.19. The molecule has 3 heteroatoms. The van der Waals surface area contributed by atoms with E-state index in [1.807, 2.05) is 63.2 Å². The summed E-state index contributed by atoms with van der Waals surface area (Å²) in [6, 6.07) is 15.4. The molecule has 0 saturated heterocycles. The van der Waals surface area contributed by atoms with E-state index in [0.29, 0.717) is 5.56 Å². The average molecular weight is 286 g/mol. The van der Waals surface area contributed by atoms with Crippen molar-refractivity contribution in [3.63, 3.8) is 0 Å². The molecule has 0 saturated carbocycles. The van der Waals surface area contributed by atoms with Gasteiger partial charge in [-0.2, -0.15) is 0 Å². The van der Waals surface area contributed by atoms with Crippen LogP contribution in [0.25, 0.3) is 11.1 Å². The molecule has 0 heterocycles. The molecule has 0 atom stereocenters. The Morgan fingerprint density at radius 3 is 2.25 bits per heavy atom. The van der Waals surface area contributed by atoms with Crippen LogP contribution in [0.15, 0.2) is 53.4 Å². The Bertz CT molecular complexity index is 613. The fourth-order valence-electron chi connectivity index (χ4n) is 1.86. The topological polar surface area (TPSA) is 26.3 Å². The predicted octanol–water partition coefficient (Wildman–Crippen LogP) is 4.60. The molecule has 0 aliphatic rings. The fourth-order valence-corrected chi connectivity index (χ4v) is 2.14. The molecule has 0 aliphatic heterocycles. The first-order valence-electron chi connectivity index (χ1n) is 6.48. The van der Waals surface area contributed by atoms with Crippen LogP contribution in [0.3, 0.4) is 0 Å². The number of rotatable bonds is 2. The van der Waals surface area contributed by atoms with Crippen molar-refractivity contribution in [2.45, 2.75) is 31.3 Å². The van der Waals surface area contributed by atoms with E-state index in [9.17, 15) is 4.79 Å². The van der Waals surface area contributed by atoms with E-state index in [2.05, 4.69) is 12.6 Å². The minimum absolute atomic E-state index is 0.328. The Balaban J connectivity index is 2.37. The number of carbonyl (C=O) groups is 1. The van der Waals surface area contributed by atoms with Crippen LogP contribution < -0.4 is 0 Å². The van der Waals surface area contributed by atoms with Crippen LogP contribution in [-0.4, -0.2) is 11.6 Å². The first-order valence-corrected chi connectivity index (χ1v) is 6.93. The Morgan fingerprint density at radius 2 is 1.65 bits per heavy atom. The molecule has 20 heavy (non-hydrogen) atoms. The van der Waals surface area contributed by atoms with Crippen LogP contribution in [0, 0.1) is 0 Å². The summed E-state index contributed by atoms with van der Waals surface area (Å²) in [6.45, 7) is 5.56. The molecule has 2 aromatic rings. The summed E-state index contributed by atoms with van der Waals surface area (Å²) in [6.07, 6.45) is 0.